The summed E-state index contributed by atoms with van der Waals surface area (Å²) in [6, 6.07) is 10.9. The molecule has 0 radical (unpaired) electrons. The van der Waals surface area contributed by atoms with E-state index in [1.165, 1.54) is 16.4 Å². The average Bonchev–Trinajstić information content (AvgIpc) is 2.69. The number of benzene rings is 2. The van der Waals surface area contributed by atoms with Gasteiger partial charge in [-0.1, -0.05) is 11.6 Å². The first kappa shape index (κ1) is 21.1. The van der Waals surface area contributed by atoms with Gasteiger partial charge in [0, 0.05) is 17.8 Å². The maximum Gasteiger partial charge on any atom is 0.339 e. The first-order chi connectivity index (χ1) is 13.8. The van der Waals surface area contributed by atoms with Crippen LogP contribution < -0.4 is 9.62 Å². The van der Waals surface area contributed by atoms with E-state index in [4.69, 9.17) is 16.3 Å². The number of nitrogens with one attached hydrogen (secondary N) is 1. The molecule has 0 spiro atoms. The van der Waals surface area contributed by atoms with Crippen LogP contribution in [-0.2, 0) is 14.8 Å². The van der Waals surface area contributed by atoms with Gasteiger partial charge in [0.05, 0.1) is 28.6 Å². The minimum absolute atomic E-state index is 0.134. The second-order valence-electron chi connectivity index (χ2n) is 6.51. The van der Waals surface area contributed by atoms with E-state index in [9.17, 15) is 18.0 Å². The van der Waals surface area contributed by atoms with Gasteiger partial charge in [0.1, 0.15) is 0 Å². The van der Waals surface area contributed by atoms with Gasteiger partial charge in [-0.3, -0.25) is 9.10 Å². The lowest BCUT2D eigenvalue weighted by molar-refractivity contribution is 0.0526. The second-order valence-corrected chi connectivity index (χ2v) is 8.93. The zero-order chi connectivity index (χ0) is 21.0. The summed E-state index contributed by atoms with van der Waals surface area (Å²) >= 11 is 6.03. The zero-order valence-electron chi connectivity index (χ0n) is 15.9. The number of anilines is 2. The summed E-state index contributed by atoms with van der Waals surface area (Å²) in [4.78, 5) is 24.5. The molecule has 1 amide bonds. The standard InChI is InChI=1S/C20H21ClN2O5S/c1-2-28-20(25)17-13-15(7-10-18(17)21)22-19(24)14-5-8-16(9-6-14)23-11-3-4-12-29(23,26)27/h5-10,13H,2-4,11-12H2,1H3,(H,22,24). The molecule has 7 nitrogen and oxygen atoms in total. The number of carbonyl (C=O) groups is 2. The summed E-state index contributed by atoms with van der Waals surface area (Å²) in [6.45, 7) is 2.34. The fraction of sp³-hybridized carbons (Fsp3) is 0.300. The SMILES string of the molecule is CCOC(=O)c1cc(NC(=O)c2ccc(N3CCCCS3(=O)=O)cc2)ccc1Cl. The lowest BCUT2D eigenvalue weighted by atomic mass is 10.1. The third-order valence-corrected chi connectivity index (χ3v) is 6.69. The van der Waals surface area contributed by atoms with E-state index in [-0.39, 0.29) is 22.9 Å². The number of ether oxygens (including phenoxy) is 1. The van der Waals surface area contributed by atoms with Crippen LogP contribution in [0.15, 0.2) is 42.5 Å². The van der Waals surface area contributed by atoms with Crippen molar-refractivity contribution in [1.82, 2.24) is 0 Å². The molecule has 1 N–H and O–H groups in total. The molecule has 0 atom stereocenters. The van der Waals surface area contributed by atoms with Crippen molar-refractivity contribution in [2.75, 3.05) is 28.5 Å². The van der Waals surface area contributed by atoms with Crippen LogP contribution in [0.1, 0.15) is 40.5 Å². The molecule has 1 heterocycles. The minimum Gasteiger partial charge on any atom is -0.462 e. The lowest BCUT2D eigenvalue weighted by Crippen LogP contribution is -2.37. The molecule has 9 heteroatoms. The second kappa shape index (κ2) is 8.84. The Morgan fingerprint density at radius 2 is 1.86 bits per heavy atom. The number of nitrogens with zero attached hydrogens (tertiary/aromatic N) is 1. The van der Waals surface area contributed by atoms with E-state index in [0.717, 1.165) is 6.42 Å². The third kappa shape index (κ3) is 4.89. The van der Waals surface area contributed by atoms with Crippen LogP contribution in [0.4, 0.5) is 11.4 Å². The maximum atomic E-state index is 12.5. The van der Waals surface area contributed by atoms with Gasteiger partial charge in [0.25, 0.3) is 5.91 Å². The highest BCUT2D eigenvalue weighted by molar-refractivity contribution is 7.92. The van der Waals surface area contributed by atoms with Crippen molar-refractivity contribution in [3.63, 3.8) is 0 Å². The number of hydrogen-bond donors (Lipinski definition) is 1. The Labute approximate surface area is 174 Å². The molecule has 0 bridgehead atoms. The number of rotatable bonds is 5. The summed E-state index contributed by atoms with van der Waals surface area (Å²) in [5.41, 5.74) is 1.45. The first-order valence-electron chi connectivity index (χ1n) is 9.20. The van der Waals surface area contributed by atoms with Crippen molar-refractivity contribution < 1.29 is 22.7 Å². The summed E-state index contributed by atoms with van der Waals surface area (Å²) in [7, 11) is -3.30. The molecule has 0 aliphatic carbocycles. The van der Waals surface area contributed by atoms with E-state index in [1.807, 2.05) is 0 Å². The molecule has 1 aliphatic heterocycles. The van der Waals surface area contributed by atoms with Crippen molar-refractivity contribution in [2.24, 2.45) is 0 Å². The van der Waals surface area contributed by atoms with Crippen molar-refractivity contribution >= 4 is 44.9 Å². The molecular weight excluding hydrogens is 416 g/mol. The van der Waals surface area contributed by atoms with Gasteiger partial charge in [-0.2, -0.15) is 0 Å². The Morgan fingerprint density at radius 3 is 2.52 bits per heavy atom. The number of esters is 1. The molecule has 0 aromatic heterocycles. The van der Waals surface area contributed by atoms with E-state index >= 15 is 0 Å². The average molecular weight is 437 g/mol. The van der Waals surface area contributed by atoms with Gasteiger partial charge in [-0.25, -0.2) is 13.2 Å². The minimum atomic E-state index is -3.30. The van der Waals surface area contributed by atoms with Crippen molar-refractivity contribution in [1.29, 1.82) is 0 Å². The predicted molar refractivity (Wildman–Crippen MR) is 112 cm³/mol. The van der Waals surface area contributed by atoms with Crippen LogP contribution in [0, 0.1) is 0 Å². The highest BCUT2D eigenvalue weighted by Gasteiger charge is 2.26. The summed E-state index contributed by atoms with van der Waals surface area (Å²) < 4.78 is 30.7. The van der Waals surface area contributed by atoms with E-state index in [0.29, 0.717) is 29.9 Å². The molecule has 154 valence electrons. The van der Waals surface area contributed by atoms with Gasteiger partial charge >= 0.3 is 5.97 Å². The Morgan fingerprint density at radius 1 is 1.14 bits per heavy atom. The summed E-state index contributed by atoms with van der Waals surface area (Å²) in [5, 5.41) is 2.93. The van der Waals surface area contributed by atoms with Crippen molar-refractivity contribution in [3.05, 3.63) is 58.6 Å². The maximum absolute atomic E-state index is 12.5. The number of sulfonamides is 1. The van der Waals surface area contributed by atoms with Crippen LogP contribution >= 0.6 is 11.6 Å². The molecule has 1 fully saturated rings. The van der Waals surface area contributed by atoms with Crippen molar-refractivity contribution in [2.45, 2.75) is 19.8 Å². The summed E-state index contributed by atoms with van der Waals surface area (Å²) in [6.07, 6.45) is 1.47. The fourth-order valence-corrected chi connectivity index (χ4v) is 4.86. The van der Waals surface area contributed by atoms with E-state index < -0.39 is 21.9 Å². The fourth-order valence-electron chi connectivity index (χ4n) is 3.03. The van der Waals surface area contributed by atoms with Gasteiger partial charge in [0.2, 0.25) is 10.0 Å². The molecule has 0 saturated carbocycles. The molecule has 0 unspecified atom stereocenters. The van der Waals surface area contributed by atoms with Crippen LogP contribution in [0.2, 0.25) is 5.02 Å². The number of halogens is 1. The zero-order valence-corrected chi connectivity index (χ0v) is 17.4. The third-order valence-electron chi connectivity index (χ3n) is 4.49. The van der Waals surface area contributed by atoms with Gasteiger partial charge < -0.3 is 10.1 Å². The Hall–Kier alpha value is -2.58. The van der Waals surface area contributed by atoms with Crippen LogP contribution in [-0.4, -0.2) is 39.2 Å². The molecular formula is C20H21ClN2O5S. The Bertz CT molecular complexity index is 1020. The molecule has 1 aliphatic rings. The summed E-state index contributed by atoms with van der Waals surface area (Å²) in [5.74, 6) is -0.829. The van der Waals surface area contributed by atoms with Crippen LogP contribution in [0.25, 0.3) is 0 Å². The molecule has 3 rings (SSSR count). The molecule has 2 aromatic rings. The van der Waals surface area contributed by atoms with Crippen molar-refractivity contribution in [3.8, 4) is 0 Å². The monoisotopic (exact) mass is 436 g/mol. The molecule has 2 aromatic carbocycles. The predicted octanol–water partition coefficient (Wildman–Crippen LogP) is 3.70. The van der Waals surface area contributed by atoms with E-state index in [1.54, 1.807) is 37.3 Å². The highest BCUT2D eigenvalue weighted by atomic mass is 35.5. The van der Waals surface area contributed by atoms with Crippen LogP contribution in [0.5, 0.6) is 0 Å². The smallest absolute Gasteiger partial charge is 0.339 e. The first-order valence-corrected chi connectivity index (χ1v) is 11.2. The number of carbonyl (C=O) groups excluding carboxylic acids is 2. The topological polar surface area (TPSA) is 92.8 Å². The number of amides is 1. The van der Waals surface area contributed by atoms with Gasteiger partial charge in [0.15, 0.2) is 0 Å². The van der Waals surface area contributed by atoms with Crippen LogP contribution in [0.3, 0.4) is 0 Å². The van der Waals surface area contributed by atoms with E-state index in [2.05, 4.69) is 5.32 Å². The highest BCUT2D eigenvalue weighted by Crippen LogP contribution is 2.25. The lowest BCUT2D eigenvalue weighted by Gasteiger charge is -2.28. The molecule has 29 heavy (non-hydrogen) atoms. The van der Waals surface area contributed by atoms with Gasteiger partial charge in [-0.05, 0) is 62.2 Å². The normalized spacial score (nSPS) is 15.6. The largest absolute Gasteiger partial charge is 0.462 e. The Balaban J connectivity index is 1.75. The quantitative estimate of drug-likeness (QED) is 0.721. The Kier molecular flexibility index (Phi) is 6.44. The number of hydrogen-bond acceptors (Lipinski definition) is 5. The van der Waals surface area contributed by atoms with Gasteiger partial charge in [-0.15, -0.1) is 0 Å². The molecule has 1 saturated heterocycles.